The first-order valence-corrected chi connectivity index (χ1v) is 8.40. The molecule has 2 fully saturated rings. The van der Waals surface area contributed by atoms with Gasteiger partial charge in [0.1, 0.15) is 0 Å². The van der Waals surface area contributed by atoms with Crippen LogP contribution in [0.2, 0.25) is 0 Å². The van der Waals surface area contributed by atoms with Crippen molar-refractivity contribution in [3.05, 3.63) is 35.4 Å². The molecule has 0 heterocycles. The lowest BCUT2D eigenvalue weighted by molar-refractivity contribution is -0.152. The van der Waals surface area contributed by atoms with E-state index < -0.39 is 34.9 Å². The minimum absolute atomic E-state index is 0.217. The van der Waals surface area contributed by atoms with Gasteiger partial charge >= 0.3 is 5.97 Å². The van der Waals surface area contributed by atoms with E-state index in [2.05, 4.69) is 5.32 Å². The first kappa shape index (κ1) is 16.9. The van der Waals surface area contributed by atoms with Crippen LogP contribution < -0.4 is 5.32 Å². The predicted molar refractivity (Wildman–Crippen MR) is 83.4 cm³/mol. The maximum Gasteiger partial charge on any atom is 0.307 e. The molecule has 0 spiro atoms. The zero-order chi connectivity index (χ0) is 17.3. The van der Waals surface area contributed by atoms with E-state index in [1.54, 1.807) is 6.07 Å². The van der Waals surface area contributed by atoms with Gasteiger partial charge in [-0.25, -0.2) is 8.78 Å². The summed E-state index contributed by atoms with van der Waals surface area (Å²) in [5.41, 5.74) is -0.298. The standard InChI is InChI=1S/C18H21F2NO3/c19-14-5-3-4-13(15(14)20)18(8-1-2-9-18)10-21-16(22)11-6-7-12(11)17(23)24/h3-5,11-12H,1-2,6-10H2,(H,21,22)(H,23,24)/t11-,12+/m0/s1. The monoisotopic (exact) mass is 337 g/mol. The molecule has 2 N–H and O–H groups in total. The van der Waals surface area contributed by atoms with Crippen LogP contribution in [-0.4, -0.2) is 23.5 Å². The molecule has 2 aliphatic rings. The van der Waals surface area contributed by atoms with Crippen LogP contribution in [0.4, 0.5) is 8.78 Å². The number of rotatable bonds is 5. The minimum Gasteiger partial charge on any atom is -0.481 e. The summed E-state index contributed by atoms with van der Waals surface area (Å²) in [6.07, 6.45) is 4.22. The third-order valence-electron chi connectivity index (χ3n) is 5.61. The molecule has 130 valence electrons. The van der Waals surface area contributed by atoms with E-state index in [4.69, 9.17) is 5.11 Å². The molecule has 0 radical (unpaired) electrons. The summed E-state index contributed by atoms with van der Waals surface area (Å²) in [6, 6.07) is 4.16. The number of amides is 1. The molecule has 2 aliphatic carbocycles. The van der Waals surface area contributed by atoms with Crippen molar-refractivity contribution < 1.29 is 23.5 Å². The second kappa shape index (κ2) is 6.49. The molecule has 0 saturated heterocycles. The number of benzene rings is 1. The van der Waals surface area contributed by atoms with Gasteiger partial charge in [-0.2, -0.15) is 0 Å². The highest BCUT2D eigenvalue weighted by Crippen LogP contribution is 2.42. The van der Waals surface area contributed by atoms with E-state index in [0.717, 1.165) is 18.9 Å². The molecule has 1 amide bonds. The smallest absolute Gasteiger partial charge is 0.307 e. The second-order valence-corrected chi connectivity index (χ2v) is 6.94. The molecule has 24 heavy (non-hydrogen) atoms. The predicted octanol–water partition coefficient (Wildman–Crippen LogP) is 3.00. The maximum absolute atomic E-state index is 14.3. The Morgan fingerprint density at radius 2 is 1.83 bits per heavy atom. The molecule has 6 heteroatoms. The van der Waals surface area contributed by atoms with Gasteiger partial charge in [-0.15, -0.1) is 0 Å². The van der Waals surface area contributed by atoms with Gasteiger partial charge in [0.2, 0.25) is 5.91 Å². The third kappa shape index (κ3) is 2.89. The molecule has 0 unspecified atom stereocenters. The first-order valence-electron chi connectivity index (χ1n) is 8.40. The number of carboxylic acid groups (broad SMARTS) is 1. The van der Waals surface area contributed by atoms with Crippen LogP contribution in [0.5, 0.6) is 0 Å². The Kier molecular flexibility index (Phi) is 4.56. The van der Waals surface area contributed by atoms with E-state index in [9.17, 15) is 18.4 Å². The number of carbonyl (C=O) groups is 2. The molecule has 0 bridgehead atoms. The fourth-order valence-corrected chi connectivity index (χ4v) is 4.00. The number of nitrogens with one attached hydrogen (secondary N) is 1. The number of hydrogen-bond donors (Lipinski definition) is 2. The maximum atomic E-state index is 14.3. The highest BCUT2D eigenvalue weighted by molar-refractivity contribution is 5.86. The third-order valence-corrected chi connectivity index (χ3v) is 5.61. The van der Waals surface area contributed by atoms with Crippen molar-refractivity contribution in [2.45, 2.75) is 43.9 Å². The zero-order valence-corrected chi connectivity index (χ0v) is 13.4. The number of carboxylic acids is 1. The molecular formula is C18H21F2NO3. The van der Waals surface area contributed by atoms with Crippen molar-refractivity contribution in [2.24, 2.45) is 11.8 Å². The quantitative estimate of drug-likeness (QED) is 0.868. The number of hydrogen-bond acceptors (Lipinski definition) is 2. The average molecular weight is 337 g/mol. The summed E-state index contributed by atoms with van der Waals surface area (Å²) in [6.45, 7) is 0.217. The van der Waals surface area contributed by atoms with Crippen LogP contribution in [0.15, 0.2) is 18.2 Å². The topological polar surface area (TPSA) is 66.4 Å². The van der Waals surface area contributed by atoms with Crippen LogP contribution in [-0.2, 0) is 15.0 Å². The van der Waals surface area contributed by atoms with E-state index in [1.165, 1.54) is 6.07 Å². The first-order chi connectivity index (χ1) is 11.4. The largest absolute Gasteiger partial charge is 0.481 e. The van der Waals surface area contributed by atoms with Gasteiger partial charge in [-0.05, 0) is 37.3 Å². The Morgan fingerprint density at radius 1 is 1.17 bits per heavy atom. The molecular weight excluding hydrogens is 316 g/mol. The highest BCUT2D eigenvalue weighted by atomic mass is 19.2. The summed E-state index contributed by atoms with van der Waals surface area (Å²) in [4.78, 5) is 23.3. The Labute approximate surface area is 139 Å². The van der Waals surface area contributed by atoms with Gasteiger partial charge in [-0.1, -0.05) is 25.0 Å². The van der Waals surface area contributed by atoms with Crippen LogP contribution >= 0.6 is 0 Å². The second-order valence-electron chi connectivity index (χ2n) is 6.94. The minimum atomic E-state index is -0.951. The van der Waals surface area contributed by atoms with E-state index >= 15 is 0 Å². The number of aliphatic carboxylic acids is 1. The fourth-order valence-electron chi connectivity index (χ4n) is 4.00. The van der Waals surface area contributed by atoms with Crippen LogP contribution in [0.3, 0.4) is 0 Å². The lowest BCUT2D eigenvalue weighted by atomic mass is 9.72. The highest BCUT2D eigenvalue weighted by Gasteiger charge is 2.43. The van der Waals surface area contributed by atoms with Gasteiger partial charge in [0.05, 0.1) is 11.8 Å². The normalized spacial score (nSPS) is 25.1. The summed E-state index contributed by atoms with van der Waals surface area (Å²) in [5, 5.41) is 11.9. The fraction of sp³-hybridized carbons (Fsp3) is 0.556. The summed E-state index contributed by atoms with van der Waals surface area (Å²) in [5.74, 6) is -4.12. The Bertz CT molecular complexity index is 656. The molecule has 0 aromatic heterocycles. The van der Waals surface area contributed by atoms with E-state index in [-0.39, 0.29) is 12.5 Å². The number of carbonyl (C=O) groups excluding carboxylic acids is 1. The molecule has 3 rings (SSSR count). The average Bonchev–Trinajstić information content (AvgIpc) is 2.96. The van der Waals surface area contributed by atoms with E-state index in [0.29, 0.717) is 31.2 Å². The lowest BCUT2D eigenvalue weighted by Crippen LogP contribution is -2.47. The molecule has 0 aliphatic heterocycles. The molecule has 4 nitrogen and oxygen atoms in total. The van der Waals surface area contributed by atoms with Crippen molar-refractivity contribution in [1.29, 1.82) is 0 Å². The summed E-state index contributed by atoms with van der Waals surface area (Å²) >= 11 is 0. The number of halogens is 2. The van der Waals surface area contributed by atoms with Crippen molar-refractivity contribution in [3.63, 3.8) is 0 Å². The van der Waals surface area contributed by atoms with Gasteiger partial charge in [0, 0.05) is 12.0 Å². The zero-order valence-electron chi connectivity index (χ0n) is 13.4. The van der Waals surface area contributed by atoms with Crippen LogP contribution in [0.1, 0.15) is 44.1 Å². The summed E-state index contributed by atoms with van der Waals surface area (Å²) < 4.78 is 27.9. The Hall–Kier alpha value is -1.98. The lowest BCUT2D eigenvalue weighted by Gasteiger charge is -2.35. The van der Waals surface area contributed by atoms with Gasteiger partial charge in [0.25, 0.3) is 0 Å². The van der Waals surface area contributed by atoms with Crippen molar-refractivity contribution >= 4 is 11.9 Å². The molecule has 2 saturated carbocycles. The summed E-state index contributed by atoms with van der Waals surface area (Å²) in [7, 11) is 0. The van der Waals surface area contributed by atoms with Gasteiger partial charge in [0.15, 0.2) is 11.6 Å². The molecule has 2 atom stereocenters. The van der Waals surface area contributed by atoms with E-state index in [1.807, 2.05) is 0 Å². The van der Waals surface area contributed by atoms with Crippen LogP contribution in [0, 0.1) is 23.5 Å². The Morgan fingerprint density at radius 3 is 2.42 bits per heavy atom. The molecule has 1 aromatic rings. The van der Waals surface area contributed by atoms with Crippen molar-refractivity contribution in [1.82, 2.24) is 5.32 Å². The van der Waals surface area contributed by atoms with Gasteiger partial charge < -0.3 is 10.4 Å². The van der Waals surface area contributed by atoms with Crippen LogP contribution in [0.25, 0.3) is 0 Å². The SMILES string of the molecule is O=C(NCC1(c2cccc(F)c2F)CCCC1)[C@H]1CC[C@H]1C(=O)O. The molecule has 1 aromatic carbocycles. The van der Waals surface area contributed by atoms with Crippen molar-refractivity contribution in [3.8, 4) is 0 Å². The van der Waals surface area contributed by atoms with Gasteiger partial charge in [-0.3, -0.25) is 9.59 Å². The van der Waals surface area contributed by atoms with Crippen molar-refractivity contribution in [2.75, 3.05) is 6.54 Å². The Balaban J connectivity index is 1.74.